The summed E-state index contributed by atoms with van der Waals surface area (Å²) in [6.45, 7) is 0.886. The molecule has 1 heterocycles. The van der Waals surface area contributed by atoms with Crippen molar-refractivity contribution in [2.75, 3.05) is 20.3 Å². The highest BCUT2D eigenvalue weighted by Crippen LogP contribution is 2.29. The van der Waals surface area contributed by atoms with Crippen molar-refractivity contribution in [1.29, 1.82) is 0 Å². The van der Waals surface area contributed by atoms with Crippen LogP contribution in [0.3, 0.4) is 0 Å². The second kappa shape index (κ2) is 3.22. The third-order valence-electron chi connectivity index (χ3n) is 2.45. The number of nitrogens with two attached hydrogens (primary N) is 1. The van der Waals surface area contributed by atoms with E-state index in [-0.39, 0.29) is 11.6 Å². The number of halogens is 1. The molecule has 0 aromatic heterocycles. The summed E-state index contributed by atoms with van der Waals surface area (Å²) in [5.41, 5.74) is 6.18. The van der Waals surface area contributed by atoms with Crippen molar-refractivity contribution < 1.29 is 13.9 Å². The van der Waals surface area contributed by atoms with Crippen molar-refractivity contribution in [3.8, 4) is 5.75 Å². The van der Waals surface area contributed by atoms with Gasteiger partial charge in [0.05, 0.1) is 25.9 Å². The minimum absolute atomic E-state index is 0.234. The fourth-order valence-corrected chi connectivity index (χ4v) is 1.46. The molecule has 0 aliphatic carbocycles. The van der Waals surface area contributed by atoms with Crippen LogP contribution in [0.2, 0.25) is 0 Å². The first-order chi connectivity index (χ1) is 6.65. The SMILES string of the molecule is COc1ccc(C2(N)COC2)cc1F. The van der Waals surface area contributed by atoms with Crippen LogP contribution >= 0.6 is 0 Å². The number of methoxy groups -OCH3 is 1. The Morgan fingerprint density at radius 2 is 2.21 bits per heavy atom. The molecule has 1 fully saturated rings. The molecule has 1 aliphatic heterocycles. The molecule has 1 saturated heterocycles. The smallest absolute Gasteiger partial charge is 0.165 e. The molecule has 0 atom stereocenters. The Morgan fingerprint density at radius 1 is 1.50 bits per heavy atom. The molecule has 2 rings (SSSR count). The molecule has 0 bridgehead atoms. The zero-order chi connectivity index (χ0) is 10.2. The van der Waals surface area contributed by atoms with Crippen LogP contribution in [0.5, 0.6) is 5.75 Å². The molecule has 1 aromatic carbocycles. The van der Waals surface area contributed by atoms with Gasteiger partial charge >= 0.3 is 0 Å². The van der Waals surface area contributed by atoms with Crippen LogP contribution in [-0.4, -0.2) is 20.3 Å². The topological polar surface area (TPSA) is 44.5 Å². The van der Waals surface area contributed by atoms with Crippen LogP contribution in [0, 0.1) is 5.82 Å². The van der Waals surface area contributed by atoms with Crippen molar-refractivity contribution >= 4 is 0 Å². The van der Waals surface area contributed by atoms with E-state index in [1.165, 1.54) is 13.2 Å². The fraction of sp³-hybridized carbons (Fsp3) is 0.400. The molecule has 0 spiro atoms. The molecule has 3 nitrogen and oxygen atoms in total. The van der Waals surface area contributed by atoms with E-state index >= 15 is 0 Å². The molecular weight excluding hydrogens is 185 g/mol. The maximum Gasteiger partial charge on any atom is 0.165 e. The van der Waals surface area contributed by atoms with Gasteiger partial charge in [-0.15, -0.1) is 0 Å². The van der Waals surface area contributed by atoms with Gasteiger partial charge in [-0.1, -0.05) is 6.07 Å². The summed E-state index contributed by atoms with van der Waals surface area (Å²) < 4.78 is 23.1. The molecule has 0 radical (unpaired) electrons. The number of hydrogen-bond donors (Lipinski definition) is 1. The van der Waals surface area contributed by atoms with E-state index in [2.05, 4.69) is 0 Å². The molecule has 0 saturated carbocycles. The molecule has 2 N–H and O–H groups in total. The Labute approximate surface area is 81.6 Å². The Bertz CT molecular complexity index is 350. The average Bonchev–Trinajstić information content (AvgIpc) is 2.14. The quantitative estimate of drug-likeness (QED) is 0.769. The van der Waals surface area contributed by atoms with Gasteiger partial charge in [-0.2, -0.15) is 0 Å². The van der Waals surface area contributed by atoms with Gasteiger partial charge in [0, 0.05) is 0 Å². The average molecular weight is 197 g/mol. The van der Waals surface area contributed by atoms with Gasteiger partial charge in [0.1, 0.15) is 0 Å². The Hall–Kier alpha value is -1.13. The predicted molar refractivity (Wildman–Crippen MR) is 49.6 cm³/mol. The standard InChI is InChI=1S/C10H12FNO2/c1-13-9-3-2-7(4-8(9)11)10(12)5-14-6-10/h2-4H,5-6,12H2,1H3. The number of ether oxygens (including phenoxy) is 2. The molecular formula is C10H12FNO2. The lowest BCUT2D eigenvalue weighted by molar-refractivity contribution is -0.0570. The summed E-state index contributed by atoms with van der Waals surface area (Å²) in [5.74, 6) is -0.153. The summed E-state index contributed by atoms with van der Waals surface area (Å²) >= 11 is 0. The normalized spacial score (nSPS) is 18.8. The second-order valence-electron chi connectivity index (χ2n) is 3.50. The number of hydrogen-bond acceptors (Lipinski definition) is 3. The third-order valence-corrected chi connectivity index (χ3v) is 2.45. The van der Waals surface area contributed by atoms with Gasteiger partial charge in [-0.25, -0.2) is 4.39 Å². The highest BCUT2D eigenvalue weighted by molar-refractivity contribution is 5.34. The molecule has 0 amide bonds. The number of benzene rings is 1. The minimum Gasteiger partial charge on any atom is -0.494 e. The largest absolute Gasteiger partial charge is 0.494 e. The van der Waals surface area contributed by atoms with E-state index in [9.17, 15) is 4.39 Å². The number of rotatable bonds is 2. The molecule has 1 aromatic rings. The molecule has 1 aliphatic rings. The van der Waals surface area contributed by atoms with E-state index in [4.69, 9.17) is 15.2 Å². The van der Waals surface area contributed by atoms with Crippen LogP contribution in [0.1, 0.15) is 5.56 Å². The fourth-order valence-electron chi connectivity index (χ4n) is 1.46. The lowest BCUT2D eigenvalue weighted by atomic mass is 9.89. The summed E-state index contributed by atoms with van der Waals surface area (Å²) in [6, 6.07) is 4.75. The van der Waals surface area contributed by atoms with Gasteiger partial charge in [0.25, 0.3) is 0 Å². The Morgan fingerprint density at radius 3 is 2.64 bits per heavy atom. The lowest BCUT2D eigenvalue weighted by Crippen LogP contribution is -2.54. The van der Waals surface area contributed by atoms with Crippen LogP contribution in [0.15, 0.2) is 18.2 Å². The van der Waals surface area contributed by atoms with E-state index in [1.54, 1.807) is 12.1 Å². The maximum atomic E-state index is 13.3. The molecule has 0 unspecified atom stereocenters. The van der Waals surface area contributed by atoms with Crippen molar-refractivity contribution in [2.45, 2.75) is 5.54 Å². The minimum atomic E-state index is -0.521. The van der Waals surface area contributed by atoms with Crippen LogP contribution in [0.25, 0.3) is 0 Å². The third kappa shape index (κ3) is 1.36. The monoisotopic (exact) mass is 197 g/mol. The summed E-state index contributed by atoms with van der Waals surface area (Å²) in [4.78, 5) is 0. The van der Waals surface area contributed by atoms with Crippen molar-refractivity contribution in [3.63, 3.8) is 0 Å². The van der Waals surface area contributed by atoms with E-state index in [1.807, 2.05) is 0 Å². The highest BCUT2D eigenvalue weighted by atomic mass is 19.1. The zero-order valence-corrected chi connectivity index (χ0v) is 7.92. The summed E-state index contributed by atoms with van der Waals surface area (Å²) in [5, 5.41) is 0. The van der Waals surface area contributed by atoms with Crippen LogP contribution in [-0.2, 0) is 10.3 Å². The second-order valence-corrected chi connectivity index (χ2v) is 3.50. The van der Waals surface area contributed by atoms with Gasteiger partial charge in [-0.3, -0.25) is 0 Å². The van der Waals surface area contributed by atoms with Crippen molar-refractivity contribution in [3.05, 3.63) is 29.6 Å². The maximum absolute atomic E-state index is 13.3. The first kappa shape index (κ1) is 9.43. The molecule has 76 valence electrons. The first-order valence-electron chi connectivity index (χ1n) is 4.36. The Balaban J connectivity index is 2.32. The van der Waals surface area contributed by atoms with Crippen molar-refractivity contribution in [2.24, 2.45) is 5.73 Å². The first-order valence-corrected chi connectivity index (χ1v) is 4.36. The molecule has 14 heavy (non-hydrogen) atoms. The van der Waals surface area contributed by atoms with E-state index in [0.29, 0.717) is 13.2 Å². The predicted octanol–water partition coefficient (Wildman–Crippen LogP) is 1.02. The van der Waals surface area contributed by atoms with Gasteiger partial charge in [-0.05, 0) is 17.7 Å². The summed E-state index contributed by atoms with van der Waals surface area (Å²) in [6.07, 6.45) is 0. The summed E-state index contributed by atoms with van der Waals surface area (Å²) in [7, 11) is 1.43. The lowest BCUT2D eigenvalue weighted by Gasteiger charge is -2.38. The Kier molecular flexibility index (Phi) is 2.17. The van der Waals surface area contributed by atoms with Gasteiger partial charge < -0.3 is 15.2 Å². The highest BCUT2D eigenvalue weighted by Gasteiger charge is 2.36. The van der Waals surface area contributed by atoms with E-state index < -0.39 is 5.54 Å². The van der Waals surface area contributed by atoms with Crippen molar-refractivity contribution in [1.82, 2.24) is 0 Å². The zero-order valence-electron chi connectivity index (χ0n) is 7.92. The van der Waals surface area contributed by atoms with Crippen LogP contribution in [0.4, 0.5) is 4.39 Å². The van der Waals surface area contributed by atoms with Gasteiger partial charge in [0.15, 0.2) is 11.6 Å². The molecule has 4 heteroatoms. The van der Waals surface area contributed by atoms with Crippen LogP contribution < -0.4 is 10.5 Å². The van der Waals surface area contributed by atoms with E-state index in [0.717, 1.165) is 5.56 Å². The van der Waals surface area contributed by atoms with Gasteiger partial charge in [0.2, 0.25) is 0 Å².